The Hall–Kier alpha value is -1.15. The summed E-state index contributed by atoms with van der Waals surface area (Å²) in [5.74, 6) is 0.492. The van der Waals surface area contributed by atoms with Gasteiger partial charge < -0.3 is 4.57 Å². The lowest BCUT2D eigenvalue weighted by atomic mass is 10.3. The van der Waals surface area contributed by atoms with Gasteiger partial charge in [0, 0.05) is 12.1 Å². The normalized spacial score (nSPS) is 13.4. The van der Waals surface area contributed by atoms with Crippen LogP contribution in [0, 0.1) is 0 Å². The molecule has 20 heavy (non-hydrogen) atoms. The van der Waals surface area contributed by atoms with Crippen molar-refractivity contribution in [2.75, 3.05) is 0 Å². The molecule has 9 heteroatoms. The molecule has 1 heterocycles. The minimum absolute atomic E-state index is 0.0688. The Balaban J connectivity index is 2.32. The van der Waals surface area contributed by atoms with Gasteiger partial charge in [-0.1, -0.05) is 23.2 Å². The van der Waals surface area contributed by atoms with E-state index in [2.05, 4.69) is 14.9 Å². The zero-order valence-electron chi connectivity index (χ0n) is 10.7. The molecular weight excluding hydrogens is 323 g/mol. The average Bonchev–Trinajstić information content (AvgIpc) is 2.78. The van der Waals surface area contributed by atoms with Crippen LogP contribution in [0.4, 0.5) is 0 Å². The van der Waals surface area contributed by atoms with Gasteiger partial charge in [0.1, 0.15) is 17.0 Å². The molecule has 0 bridgehead atoms. The first-order chi connectivity index (χ1) is 9.31. The highest BCUT2D eigenvalue weighted by atomic mass is 35.5. The van der Waals surface area contributed by atoms with Gasteiger partial charge >= 0.3 is 0 Å². The van der Waals surface area contributed by atoms with Crippen LogP contribution >= 0.6 is 23.2 Å². The lowest BCUT2D eigenvalue weighted by Gasteiger charge is -2.14. The van der Waals surface area contributed by atoms with Gasteiger partial charge in [-0.05, 0) is 25.1 Å². The first kappa shape index (κ1) is 15.2. The van der Waals surface area contributed by atoms with Crippen molar-refractivity contribution in [3.05, 3.63) is 40.4 Å². The fraction of sp³-hybridized carbons (Fsp3) is 0.273. The van der Waals surface area contributed by atoms with Crippen molar-refractivity contribution in [1.82, 2.24) is 19.5 Å². The molecule has 0 saturated heterocycles. The van der Waals surface area contributed by atoms with E-state index in [-0.39, 0.29) is 9.92 Å². The molecule has 0 fully saturated rings. The van der Waals surface area contributed by atoms with Gasteiger partial charge in [-0.2, -0.15) is 0 Å². The number of nitrogens with one attached hydrogen (secondary N) is 1. The highest BCUT2D eigenvalue weighted by Crippen LogP contribution is 2.26. The van der Waals surface area contributed by atoms with Crippen LogP contribution in [0.15, 0.2) is 29.4 Å². The Labute approximate surface area is 126 Å². The van der Waals surface area contributed by atoms with Crippen molar-refractivity contribution in [2.24, 2.45) is 7.05 Å². The predicted molar refractivity (Wildman–Crippen MR) is 76.2 cm³/mol. The van der Waals surface area contributed by atoms with Crippen molar-refractivity contribution < 1.29 is 8.42 Å². The molecule has 0 aliphatic carbocycles. The lowest BCUT2D eigenvalue weighted by Crippen LogP contribution is -2.28. The van der Waals surface area contributed by atoms with E-state index >= 15 is 0 Å². The van der Waals surface area contributed by atoms with Crippen LogP contribution in [0.2, 0.25) is 10.0 Å². The topological polar surface area (TPSA) is 76.9 Å². The van der Waals surface area contributed by atoms with Crippen LogP contribution in [-0.2, 0) is 17.1 Å². The molecule has 0 aliphatic rings. The SMILES string of the molecule is CC(NS(=O)(=O)c1cc(Cl)ccc1Cl)c1nncn1C. The molecule has 1 aromatic carbocycles. The zero-order valence-corrected chi connectivity index (χ0v) is 13.0. The van der Waals surface area contributed by atoms with Crippen LogP contribution in [-0.4, -0.2) is 23.2 Å². The van der Waals surface area contributed by atoms with Gasteiger partial charge in [-0.3, -0.25) is 0 Å². The van der Waals surface area contributed by atoms with Crippen molar-refractivity contribution >= 4 is 33.2 Å². The molecule has 0 aliphatic heterocycles. The molecule has 108 valence electrons. The van der Waals surface area contributed by atoms with Crippen molar-refractivity contribution in [3.8, 4) is 0 Å². The predicted octanol–water partition coefficient (Wildman–Crippen LogP) is 2.16. The van der Waals surface area contributed by atoms with Gasteiger partial charge in [0.25, 0.3) is 0 Å². The molecule has 2 aromatic rings. The second kappa shape index (κ2) is 5.69. The highest BCUT2D eigenvalue weighted by Gasteiger charge is 2.23. The number of benzene rings is 1. The van der Waals surface area contributed by atoms with E-state index in [9.17, 15) is 8.42 Å². The molecule has 0 spiro atoms. The van der Waals surface area contributed by atoms with Crippen molar-refractivity contribution in [2.45, 2.75) is 17.9 Å². The number of rotatable bonds is 4. The van der Waals surface area contributed by atoms with Gasteiger partial charge in [-0.15, -0.1) is 10.2 Å². The largest absolute Gasteiger partial charge is 0.319 e. The summed E-state index contributed by atoms with van der Waals surface area (Å²) in [6, 6.07) is 3.71. The van der Waals surface area contributed by atoms with Crippen LogP contribution in [0.5, 0.6) is 0 Å². The highest BCUT2D eigenvalue weighted by molar-refractivity contribution is 7.89. The Kier molecular flexibility index (Phi) is 4.33. The summed E-state index contributed by atoms with van der Waals surface area (Å²) >= 11 is 11.7. The van der Waals surface area contributed by atoms with Gasteiger partial charge in [0.05, 0.1) is 11.1 Å². The standard InChI is InChI=1S/C11H12Cl2N4O2S/c1-7(11-15-14-6-17(11)2)16-20(18,19)10-5-8(12)3-4-9(10)13/h3-7,16H,1-2H3. The average molecular weight is 335 g/mol. The third-order valence-electron chi connectivity index (χ3n) is 2.65. The van der Waals surface area contributed by atoms with E-state index < -0.39 is 16.1 Å². The maximum atomic E-state index is 12.3. The van der Waals surface area contributed by atoms with Gasteiger partial charge in [0.15, 0.2) is 0 Å². The quantitative estimate of drug-likeness (QED) is 0.929. The molecule has 0 saturated carbocycles. The summed E-state index contributed by atoms with van der Waals surface area (Å²) in [4.78, 5) is -0.0688. The number of aryl methyl sites for hydroxylation is 1. The second-order valence-corrected chi connectivity index (χ2v) is 6.74. The Morgan fingerprint density at radius 1 is 1.35 bits per heavy atom. The maximum absolute atomic E-state index is 12.3. The van der Waals surface area contributed by atoms with E-state index in [1.807, 2.05) is 0 Å². The molecule has 0 amide bonds. The van der Waals surface area contributed by atoms with Gasteiger partial charge in [-0.25, -0.2) is 13.1 Å². The Morgan fingerprint density at radius 3 is 2.65 bits per heavy atom. The molecule has 0 radical (unpaired) electrons. The Bertz CT molecular complexity index is 730. The van der Waals surface area contributed by atoms with E-state index in [0.717, 1.165) is 0 Å². The van der Waals surface area contributed by atoms with Crippen molar-refractivity contribution in [3.63, 3.8) is 0 Å². The van der Waals surface area contributed by atoms with Crippen LogP contribution in [0.3, 0.4) is 0 Å². The number of hydrogen-bond donors (Lipinski definition) is 1. The maximum Gasteiger partial charge on any atom is 0.242 e. The van der Waals surface area contributed by atoms with Crippen LogP contribution in [0.1, 0.15) is 18.8 Å². The zero-order chi connectivity index (χ0) is 14.9. The number of nitrogens with zero attached hydrogens (tertiary/aromatic N) is 3. The summed E-state index contributed by atoms with van der Waals surface area (Å²) in [7, 11) is -2.07. The molecule has 2 rings (SSSR count). The molecule has 1 N–H and O–H groups in total. The summed E-state index contributed by atoms with van der Waals surface area (Å²) in [5.41, 5.74) is 0. The molecule has 1 atom stereocenters. The smallest absolute Gasteiger partial charge is 0.242 e. The summed E-state index contributed by atoms with van der Waals surface area (Å²) in [6.07, 6.45) is 1.49. The Morgan fingerprint density at radius 2 is 2.05 bits per heavy atom. The molecule has 1 unspecified atom stereocenters. The fourth-order valence-electron chi connectivity index (χ4n) is 1.72. The van der Waals surface area contributed by atoms with E-state index in [1.165, 1.54) is 24.5 Å². The first-order valence-electron chi connectivity index (χ1n) is 5.62. The fourth-order valence-corrected chi connectivity index (χ4v) is 3.68. The molecular formula is C11H12Cl2N4O2S. The van der Waals surface area contributed by atoms with E-state index in [1.54, 1.807) is 18.5 Å². The summed E-state index contributed by atoms with van der Waals surface area (Å²) in [6.45, 7) is 1.67. The summed E-state index contributed by atoms with van der Waals surface area (Å²) < 4.78 is 28.7. The first-order valence-corrected chi connectivity index (χ1v) is 7.86. The van der Waals surface area contributed by atoms with Gasteiger partial charge in [0.2, 0.25) is 10.0 Å². The summed E-state index contributed by atoms with van der Waals surface area (Å²) in [5, 5.41) is 7.97. The number of aromatic nitrogens is 3. The molecule has 1 aromatic heterocycles. The third kappa shape index (κ3) is 3.12. The number of halogens is 2. The van der Waals surface area contributed by atoms with E-state index in [4.69, 9.17) is 23.2 Å². The van der Waals surface area contributed by atoms with E-state index in [0.29, 0.717) is 10.8 Å². The van der Waals surface area contributed by atoms with Crippen LogP contribution in [0.25, 0.3) is 0 Å². The number of hydrogen-bond acceptors (Lipinski definition) is 4. The minimum atomic E-state index is -3.80. The monoisotopic (exact) mass is 334 g/mol. The van der Waals surface area contributed by atoms with Crippen LogP contribution < -0.4 is 4.72 Å². The van der Waals surface area contributed by atoms with Crippen molar-refractivity contribution in [1.29, 1.82) is 0 Å². The molecule has 6 nitrogen and oxygen atoms in total. The number of sulfonamides is 1. The third-order valence-corrected chi connectivity index (χ3v) is 4.91. The lowest BCUT2D eigenvalue weighted by molar-refractivity contribution is 0.553. The minimum Gasteiger partial charge on any atom is -0.319 e. The second-order valence-electron chi connectivity index (χ2n) is 4.22.